The fraction of sp³-hybridized carbons (Fsp3) is 0.476. The molecule has 0 bridgehead atoms. The number of aryl methyl sites for hydroxylation is 1. The monoisotopic (exact) mass is 356 g/mol. The number of halogens is 1. The van der Waals surface area contributed by atoms with Gasteiger partial charge in [-0.25, -0.2) is 9.37 Å². The van der Waals surface area contributed by atoms with Crippen molar-refractivity contribution in [1.82, 2.24) is 9.88 Å². The molecule has 1 aliphatic rings. The van der Waals surface area contributed by atoms with Gasteiger partial charge >= 0.3 is 0 Å². The molecule has 0 aliphatic heterocycles. The highest BCUT2D eigenvalue weighted by atomic mass is 19.1. The molecule has 0 saturated heterocycles. The minimum Gasteiger partial charge on any atom is -0.494 e. The third kappa shape index (κ3) is 4.08. The maximum Gasteiger partial charge on any atom is 0.226 e. The van der Waals surface area contributed by atoms with Gasteiger partial charge in [0, 0.05) is 18.2 Å². The minimum absolute atomic E-state index is 0.177. The van der Waals surface area contributed by atoms with E-state index in [1.54, 1.807) is 12.1 Å². The lowest BCUT2D eigenvalue weighted by Crippen LogP contribution is -2.36. The third-order valence-corrected chi connectivity index (χ3v) is 5.03. The second kappa shape index (κ2) is 8.37. The first-order valence-electron chi connectivity index (χ1n) is 9.10. The Morgan fingerprint density at radius 3 is 2.81 bits per heavy atom. The summed E-state index contributed by atoms with van der Waals surface area (Å²) >= 11 is 0. The zero-order chi connectivity index (χ0) is 18.5. The summed E-state index contributed by atoms with van der Waals surface area (Å²) < 4.78 is 24.5. The van der Waals surface area contributed by atoms with Crippen molar-refractivity contribution in [3.05, 3.63) is 35.5 Å². The Balaban J connectivity index is 1.81. The van der Waals surface area contributed by atoms with Crippen molar-refractivity contribution in [2.24, 2.45) is 0 Å². The molecule has 3 rings (SSSR count). The zero-order valence-electron chi connectivity index (χ0n) is 15.4. The van der Waals surface area contributed by atoms with Crippen LogP contribution in [0.1, 0.15) is 43.6 Å². The summed E-state index contributed by atoms with van der Waals surface area (Å²) in [5.41, 5.74) is 1.57. The Morgan fingerprint density at radius 2 is 2.12 bits per heavy atom. The van der Waals surface area contributed by atoms with Gasteiger partial charge in [0.05, 0.1) is 19.3 Å². The zero-order valence-corrected chi connectivity index (χ0v) is 15.4. The molecule has 1 aliphatic carbocycles. The van der Waals surface area contributed by atoms with Gasteiger partial charge in [-0.2, -0.15) is 0 Å². The van der Waals surface area contributed by atoms with Crippen molar-refractivity contribution in [2.45, 2.75) is 51.6 Å². The van der Waals surface area contributed by atoms with E-state index in [-0.39, 0.29) is 5.75 Å². The second-order valence-corrected chi connectivity index (χ2v) is 6.77. The van der Waals surface area contributed by atoms with Crippen LogP contribution in [0.5, 0.6) is 5.75 Å². The lowest BCUT2D eigenvalue weighted by molar-refractivity contribution is 0.165. The van der Waals surface area contributed by atoms with Crippen LogP contribution in [0.25, 0.3) is 11.5 Å². The van der Waals surface area contributed by atoms with E-state index >= 15 is 0 Å². The summed E-state index contributed by atoms with van der Waals surface area (Å²) in [6.45, 7) is 3.18. The number of rotatable bonds is 6. The highest BCUT2D eigenvalue weighted by Gasteiger charge is 2.23. The number of nitrogens with zero attached hydrogens (tertiary/aromatic N) is 2. The number of hydrogen-bond donors (Lipinski definition) is 0. The quantitative estimate of drug-likeness (QED) is 0.711. The van der Waals surface area contributed by atoms with E-state index < -0.39 is 5.82 Å². The molecule has 138 valence electrons. The molecule has 2 aromatic rings. The van der Waals surface area contributed by atoms with Crippen LogP contribution in [0.3, 0.4) is 0 Å². The molecule has 1 heterocycles. The van der Waals surface area contributed by atoms with Crippen molar-refractivity contribution in [3.8, 4) is 29.5 Å². The van der Waals surface area contributed by atoms with E-state index in [1.165, 1.54) is 45.3 Å². The van der Waals surface area contributed by atoms with E-state index in [4.69, 9.17) is 15.6 Å². The fourth-order valence-corrected chi connectivity index (χ4v) is 3.56. The third-order valence-electron chi connectivity index (χ3n) is 5.03. The van der Waals surface area contributed by atoms with Gasteiger partial charge in [0.2, 0.25) is 5.89 Å². The maximum absolute atomic E-state index is 13.6. The van der Waals surface area contributed by atoms with Crippen molar-refractivity contribution < 1.29 is 13.5 Å². The number of terminal acetylenes is 1. The molecule has 0 radical (unpaired) electrons. The fourth-order valence-electron chi connectivity index (χ4n) is 3.56. The van der Waals surface area contributed by atoms with Gasteiger partial charge in [-0.3, -0.25) is 4.90 Å². The van der Waals surface area contributed by atoms with Crippen LogP contribution in [0.15, 0.2) is 22.6 Å². The van der Waals surface area contributed by atoms with Gasteiger partial charge in [0.15, 0.2) is 11.6 Å². The maximum atomic E-state index is 13.6. The predicted molar refractivity (Wildman–Crippen MR) is 99.3 cm³/mol. The normalized spacial score (nSPS) is 15.2. The molecule has 1 fully saturated rings. The second-order valence-electron chi connectivity index (χ2n) is 6.77. The van der Waals surface area contributed by atoms with Gasteiger partial charge in [-0.05, 0) is 38.0 Å². The lowest BCUT2D eigenvalue weighted by Gasteiger charge is -2.32. The Hall–Kier alpha value is -2.32. The summed E-state index contributed by atoms with van der Waals surface area (Å²) in [6, 6.07) is 5.11. The first-order chi connectivity index (χ1) is 12.6. The highest BCUT2D eigenvalue weighted by Crippen LogP contribution is 2.29. The van der Waals surface area contributed by atoms with Gasteiger partial charge < -0.3 is 9.15 Å². The molecule has 1 aromatic heterocycles. The number of aromatic nitrogens is 1. The van der Waals surface area contributed by atoms with Crippen LogP contribution in [-0.4, -0.2) is 29.6 Å². The highest BCUT2D eigenvalue weighted by molar-refractivity contribution is 5.56. The average Bonchev–Trinajstić information content (AvgIpc) is 3.03. The Bertz CT molecular complexity index is 788. The smallest absolute Gasteiger partial charge is 0.226 e. The van der Waals surface area contributed by atoms with Crippen LogP contribution >= 0.6 is 0 Å². The SMILES string of the molecule is C#CCN(Cc1nc(-c2ccc(F)c(OC)c2)oc1C)C1CCCCC1. The average molecular weight is 356 g/mol. The largest absolute Gasteiger partial charge is 0.494 e. The topological polar surface area (TPSA) is 38.5 Å². The van der Waals surface area contributed by atoms with Crippen molar-refractivity contribution in [3.63, 3.8) is 0 Å². The Labute approximate surface area is 154 Å². The minimum atomic E-state index is -0.405. The van der Waals surface area contributed by atoms with E-state index in [2.05, 4.69) is 15.8 Å². The number of hydrogen-bond acceptors (Lipinski definition) is 4. The predicted octanol–water partition coefficient (Wildman–Crippen LogP) is 4.57. The summed E-state index contributed by atoms with van der Waals surface area (Å²) in [5, 5.41) is 0. The van der Waals surface area contributed by atoms with Crippen molar-refractivity contribution >= 4 is 0 Å². The summed E-state index contributed by atoms with van der Waals surface area (Å²) in [7, 11) is 1.44. The number of benzene rings is 1. The summed E-state index contributed by atoms with van der Waals surface area (Å²) in [6.07, 6.45) is 11.8. The molecule has 0 atom stereocenters. The van der Waals surface area contributed by atoms with E-state index in [0.29, 0.717) is 30.6 Å². The van der Waals surface area contributed by atoms with Crippen molar-refractivity contribution in [2.75, 3.05) is 13.7 Å². The van der Waals surface area contributed by atoms with Crippen LogP contribution in [-0.2, 0) is 6.54 Å². The Kier molecular flexibility index (Phi) is 5.95. The molecule has 0 N–H and O–H groups in total. The van der Waals surface area contributed by atoms with Crippen molar-refractivity contribution in [1.29, 1.82) is 0 Å². The molecule has 26 heavy (non-hydrogen) atoms. The molecular formula is C21H25FN2O2. The molecule has 1 aromatic carbocycles. The number of oxazole rings is 1. The van der Waals surface area contributed by atoms with E-state index in [9.17, 15) is 4.39 Å². The molecule has 0 unspecified atom stereocenters. The molecule has 5 heteroatoms. The lowest BCUT2D eigenvalue weighted by atomic mass is 9.94. The van der Waals surface area contributed by atoms with Crippen LogP contribution in [0, 0.1) is 25.1 Å². The first-order valence-corrected chi connectivity index (χ1v) is 9.10. The van der Waals surface area contributed by atoms with Gasteiger partial charge in [0.1, 0.15) is 5.76 Å². The van der Waals surface area contributed by atoms with Crippen LogP contribution in [0.4, 0.5) is 4.39 Å². The molecule has 0 amide bonds. The molecule has 1 saturated carbocycles. The number of ether oxygens (including phenoxy) is 1. The van der Waals surface area contributed by atoms with Gasteiger partial charge in [-0.1, -0.05) is 25.2 Å². The molecule has 0 spiro atoms. The van der Waals surface area contributed by atoms with Crippen LogP contribution in [0.2, 0.25) is 0 Å². The number of methoxy groups -OCH3 is 1. The van der Waals surface area contributed by atoms with Gasteiger partial charge in [-0.15, -0.1) is 6.42 Å². The first kappa shape index (κ1) is 18.5. The summed E-state index contributed by atoms with van der Waals surface area (Å²) in [5.74, 6) is 3.78. The van der Waals surface area contributed by atoms with E-state index in [0.717, 1.165) is 11.5 Å². The Morgan fingerprint density at radius 1 is 1.35 bits per heavy atom. The van der Waals surface area contributed by atoms with Gasteiger partial charge in [0.25, 0.3) is 0 Å². The molecular weight excluding hydrogens is 331 g/mol. The molecule has 4 nitrogen and oxygen atoms in total. The standard InChI is InChI=1S/C21H25FN2O2/c1-4-12-24(17-8-6-5-7-9-17)14-19-15(2)26-21(23-19)16-10-11-18(22)20(13-16)25-3/h1,10-11,13,17H,5-9,12,14H2,2-3H3. The van der Waals surface area contributed by atoms with Crippen LogP contribution < -0.4 is 4.74 Å². The summed E-state index contributed by atoms with van der Waals surface area (Å²) in [4.78, 5) is 6.97. The van der Waals surface area contributed by atoms with E-state index in [1.807, 2.05) is 6.92 Å².